The Kier molecular flexibility index (Phi) is 5.27. The van der Waals surface area contributed by atoms with Crippen LogP contribution in [0.25, 0.3) is 0 Å². The summed E-state index contributed by atoms with van der Waals surface area (Å²) in [6.07, 6.45) is 5.86. The molecule has 1 saturated heterocycles. The summed E-state index contributed by atoms with van der Waals surface area (Å²) in [6, 6.07) is 5.37. The smallest absolute Gasteiger partial charge is 0.240 e. The molecule has 1 aromatic heterocycles. The van der Waals surface area contributed by atoms with Crippen molar-refractivity contribution < 1.29 is 13.2 Å². The Balaban J connectivity index is 1.21. The molecule has 0 atom stereocenters. The van der Waals surface area contributed by atoms with Gasteiger partial charge in [-0.1, -0.05) is 0 Å². The summed E-state index contributed by atoms with van der Waals surface area (Å²) in [5.74, 6) is 0.762. The summed E-state index contributed by atoms with van der Waals surface area (Å²) >= 11 is 0. The van der Waals surface area contributed by atoms with Gasteiger partial charge in [0.15, 0.2) is 5.82 Å². The van der Waals surface area contributed by atoms with Crippen molar-refractivity contribution in [1.82, 2.24) is 14.9 Å². The molecule has 0 aliphatic carbocycles. The van der Waals surface area contributed by atoms with E-state index in [0.29, 0.717) is 38.2 Å². The second kappa shape index (κ2) is 8.08. The lowest BCUT2D eigenvalue weighted by molar-refractivity contribution is -0.118. The zero-order valence-corrected chi connectivity index (χ0v) is 18.1. The maximum absolute atomic E-state index is 12.8. The number of benzene rings is 1. The van der Waals surface area contributed by atoms with Crippen molar-refractivity contribution >= 4 is 33.1 Å². The van der Waals surface area contributed by atoms with E-state index in [1.807, 2.05) is 6.07 Å². The predicted molar refractivity (Wildman–Crippen MR) is 118 cm³/mol. The summed E-state index contributed by atoms with van der Waals surface area (Å²) in [5, 5.41) is 11.3. The summed E-state index contributed by atoms with van der Waals surface area (Å²) < 4.78 is 28.4. The van der Waals surface area contributed by atoms with Crippen molar-refractivity contribution in [2.75, 3.05) is 47.8 Å². The molecule has 164 valence electrons. The molecule has 10 heteroatoms. The van der Waals surface area contributed by atoms with Crippen LogP contribution in [0, 0.1) is 0 Å². The fourth-order valence-corrected chi connectivity index (χ4v) is 5.76. The average molecular weight is 443 g/mol. The lowest BCUT2D eigenvalue weighted by atomic mass is 10.00. The summed E-state index contributed by atoms with van der Waals surface area (Å²) in [5.41, 5.74) is 3.85. The highest BCUT2D eigenvalue weighted by Gasteiger charge is 2.32. The van der Waals surface area contributed by atoms with Crippen molar-refractivity contribution in [2.45, 2.75) is 37.0 Å². The van der Waals surface area contributed by atoms with Gasteiger partial charge in [-0.05, 0) is 48.9 Å². The van der Waals surface area contributed by atoms with Crippen LogP contribution in [0.3, 0.4) is 0 Å². The highest BCUT2D eigenvalue weighted by atomic mass is 32.2. The molecule has 2 aromatic rings. The molecule has 0 unspecified atom stereocenters. The Morgan fingerprint density at radius 2 is 1.74 bits per heavy atom. The molecule has 2 N–H and O–H groups in total. The minimum absolute atomic E-state index is 0.128. The molecule has 3 aliphatic rings. The highest BCUT2D eigenvalue weighted by molar-refractivity contribution is 7.89. The SMILES string of the molecule is O=C1CCc2cc(S(=O)(=O)NCCNc3cc(N4CCCC4)cnn3)cc3c2N1CC3. The van der Waals surface area contributed by atoms with Crippen molar-refractivity contribution in [3.05, 3.63) is 35.5 Å². The molecule has 1 amide bonds. The van der Waals surface area contributed by atoms with Crippen LogP contribution >= 0.6 is 0 Å². The van der Waals surface area contributed by atoms with Gasteiger partial charge >= 0.3 is 0 Å². The van der Waals surface area contributed by atoms with E-state index in [1.165, 1.54) is 12.8 Å². The number of nitrogens with one attached hydrogen (secondary N) is 2. The summed E-state index contributed by atoms with van der Waals surface area (Å²) in [7, 11) is -3.63. The number of rotatable bonds is 7. The Labute approximate surface area is 181 Å². The van der Waals surface area contributed by atoms with Crippen LogP contribution in [0.15, 0.2) is 29.3 Å². The third-order valence-electron chi connectivity index (χ3n) is 6.17. The molecule has 5 rings (SSSR count). The number of aromatic nitrogens is 2. The predicted octanol–water partition coefficient (Wildman–Crippen LogP) is 1.30. The quantitative estimate of drug-likeness (QED) is 0.623. The molecule has 4 heterocycles. The van der Waals surface area contributed by atoms with Crippen LogP contribution < -0.4 is 19.8 Å². The number of anilines is 3. The third kappa shape index (κ3) is 3.97. The number of nitrogens with zero attached hydrogens (tertiary/aromatic N) is 4. The van der Waals surface area contributed by atoms with Crippen molar-refractivity contribution in [1.29, 1.82) is 0 Å². The van der Waals surface area contributed by atoms with E-state index in [0.717, 1.165) is 35.6 Å². The molecule has 1 fully saturated rings. The minimum atomic E-state index is -3.63. The first kappa shape index (κ1) is 20.2. The van der Waals surface area contributed by atoms with Crippen LogP contribution in [0.5, 0.6) is 0 Å². The van der Waals surface area contributed by atoms with E-state index in [-0.39, 0.29) is 17.3 Å². The number of amides is 1. The maximum atomic E-state index is 12.8. The van der Waals surface area contributed by atoms with E-state index in [2.05, 4.69) is 25.1 Å². The highest BCUT2D eigenvalue weighted by Crippen LogP contribution is 2.38. The van der Waals surface area contributed by atoms with Crippen molar-refractivity contribution in [3.8, 4) is 0 Å². The zero-order chi connectivity index (χ0) is 21.4. The summed E-state index contributed by atoms with van der Waals surface area (Å²) in [6.45, 7) is 3.32. The Morgan fingerprint density at radius 3 is 2.55 bits per heavy atom. The first-order chi connectivity index (χ1) is 15.0. The molecule has 0 spiro atoms. The van der Waals surface area contributed by atoms with Gasteiger partial charge in [0.05, 0.1) is 22.5 Å². The van der Waals surface area contributed by atoms with Gasteiger partial charge < -0.3 is 15.1 Å². The molecule has 9 nitrogen and oxygen atoms in total. The van der Waals surface area contributed by atoms with Crippen LogP contribution in [-0.2, 0) is 27.7 Å². The van der Waals surface area contributed by atoms with Crippen molar-refractivity contribution in [2.24, 2.45) is 0 Å². The van der Waals surface area contributed by atoms with Crippen LogP contribution in [0.1, 0.15) is 30.4 Å². The zero-order valence-electron chi connectivity index (χ0n) is 17.3. The molecule has 0 bridgehead atoms. The van der Waals surface area contributed by atoms with E-state index in [4.69, 9.17) is 0 Å². The van der Waals surface area contributed by atoms with Gasteiger partial charge in [0.2, 0.25) is 15.9 Å². The van der Waals surface area contributed by atoms with Crippen molar-refractivity contribution in [3.63, 3.8) is 0 Å². The van der Waals surface area contributed by atoms with E-state index >= 15 is 0 Å². The van der Waals surface area contributed by atoms with Crippen LogP contribution in [-0.4, -0.2) is 57.2 Å². The Bertz CT molecular complexity index is 1110. The Hall–Kier alpha value is -2.72. The fourth-order valence-electron chi connectivity index (χ4n) is 4.63. The number of carbonyl (C=O) groups is 1. The van der Waals surface area contributed by atoms with E-state index in [9.17, 15) is 13.2 Å². The van der Waals surface area contributed by atoms with E-state index in [1.54, 1.807) is 23.2 Å². The maximum Gasteiger partial charge on any atom is 0.240 e. The van der Waals surface area contributed by atoms with Gasteiger partial charge in [-0.3, -0.25) is 4.79 Å². The normalized spacial score (nSPS) is 17.9. The number of sulfonamides is 1. The van der Waals surface area contributed by atoms with Gasteiger partial charge in [-0.15, -0.1) is 5.10 Å². The standard InChI is InChI=1S/C21H26N6O3S/c28-20-4-3-15-11-18(12-16-5-10-27(20)21(15)16)31(29,30)24-7-6-22-19-13-17(14-23-25-19)26-8-1-2-9-26/h11-14,24H,1-10H2,(H,22,25). The van der Waals surface area contributed by atoms with Gasteiger partial charge in [-0.2, -0.15) is 5.10 Å². The third-order valence-corrected chi connectivity index (χ3v) is 7.61. The Morgan fingerprint density at radius 1 is 0.968 bits per heavy atom. The van der Waals surface area contributed by atoms with Gasteiger partial charge in [0, 0.05) is 45.2 Å². The summed E-state index contributed by atoms with van der Waals surface area (Å²) in [4.78, 5) is 16.4. The van der Waals surface area contributed by atoms with Crippen LogP contribution in [0.4, 0.5) is 17.2 Å². The number of carbonyl (C=O) groups excluding carboxylic acids is 1. The monoisotopic (exact) mass is 442 g/mol. The minimum Gasteiger partial charge on any atom is -0.370 e. The topological polar surface area (TPSA) is 108 Å². The first-order valence-electron chi connectivity index (χ1n) is 10.8. The first-order valence-corrected chi connectivity index (χ1v) is 12.3. The van der Waals surface area contributed by atoms with E-state index < -0.39 is 10.0 Å². The second-order valence-corrected chi connectivity index (χ2v) is 9.97. The fraction of sp³-hybridized carbons (Fsp3) is 0.476. The lowest BCUT2D eigenvalue weighted by Crippen LogP contribution is -2.33. The van der Waals surface area contributed by atoms with Crippen LogP contribution in [0.2, 0.25) is 0 Å². The second-order valence-electron chi connectivity index (χ2n) is 8.20. The number of hydrogen-bond donors (Lipinski definition) is 2. The molecular formula is C21H26N6O3S. The molecule has 1 aromatic carbocycles. The molecular weight excluding hydrogens is 416 g/mol. The number of aryl methyl sites for hydroxylation is 1. The lowest BCUT2D eigenvalue weighted by Gasteiger charge is -2.25. The van der Waals surface area contributed by atoms with Gasteiger partial charge in [0.25, 0.3) is 0 Å². The molecule has 31 heavy (non-hydrogen) atoms. The van der Waals surface area contributed by atoms with Gasteiger partial charge in [0.1, 0.15) is 0 Å². The largest absolute Gasteiger partial charge is 0.370 e. The molecule has 3 aliphatic heterocycles. The molecule has 0 saturated carbocycles. The number of hydrogen-bond acceptors (Lipinski definition) is 7. The average Bonchev–Trinajstić information content (AvgIpc) is 3.45. The molecule has 0 radical (unpaired) electrons. The van der Waals surface area contributed by atoms with Gasteiger partial charge in [-0.25, -0.2) is 13.1 Å².